The normalized spacial score (nSPS) is 11.3. The molecule has 17 heavy (non-hydrogen) atoms. The van der Waals surface area contributed by atoms with Gasteiger partial charge < -0.3 is 5.73 Å². The quantitative estimate of drug-likeness (QED) is 0.908. The molecule has 3 nitrogen and oxygen atoms in total. The Balaban J connectivity index is 2.37. The highest BCUT2D eigenvalue weighted by Crippen LogP contribution is 2.36. The molecular weight excluding hydrogens is 250 g/mol. The van der Waals surface area contributed by atoms with Crippen LogP contribution < -0.4 is 5.73 Å². The van der Waals surface area contributed by atoms with Gasteiger partial charge in [0.1, 0.15) is 0 Å². The predicted octanol–water partition coefficient (Wildman–Crippen LogP) is 4.06. The Bertz CT molecular complexity index is 498. The van der Waals surface area contributed by atoms with Crippen molar-refractivity contribution in [2.45, 2.75) is 39.5 Å². The summed E-state index contributed by atoms with van der Waals surface area (Å²) in [5.74, 6) is 0.573. The Labute approximate surface area is 110 Å². The fourth-order valence-electron chi connectivity index (χ4n) is 1.86. The number of nitrogen functional groups attached to an aromatic ring is 1. The first-order valence-corrected chi connectivity index (χ1v) is 7.54. The van der Waals surface area contributed by atoms with Crippen molar-refractivity contribution in [3.8, 4) is 10.6 Å². The number of thiazole rings is 2. The summed E-state index contributed by atoms with van der Waals surface area (Å²) < 4.78 is 0. The molecule has 0 unspecified atom stereocenters. The van der Waals surface area contributed by atoms with Gasteiger partial charge in [-0.15, -0.1) is 22.7 Å². The first-order valence-electron chi connectivity index (χ1n) is 5.84. The summed E-state index contributed by atoms with van der Waals surface area (Å²) in [5.41, 5.74) is 7.72. The van der Waals surface area contributed by atoms with Crippen LogP contribution >= 0.6 is 22.7 Å². The number of nitrogens with two attached hydrogens (primary N) is 1. The van der Waals surface area contributed by atoms with Gasteiger partial charge in [-0.2, -0.15) is 0 Å². The lowest BCUT2D eigenvalue weighted by Crippen LogP contribution is -1.93. The number of rotatable bonds is 4. The predicted molar refractivity (Wildman–Crippen MR) is 75.7 cm³/mol. The summed E-state index contributed by atoms with van der Waals surface area (Å²) in [5, 5.41) is 3.86. The van der Waals surface area contributed by atoms with Crippen LogP contribution in [0.2, 0.25) is 0 Å². The molecule has 5 heteroatoms. The third-order valence-corrected chi connectivity index (χ3v) is 4.92. The zero-order chi connectivity index (χ0) is 12.4. The van der Waals surface area contributed by atoms with Crippen LogP contribution in [0.15, 0.2) is 5.38 Å². The summed E-state index contributed by atoms with van der Waals surface area (Å²) in [6, 6.07) is 0. The maximum Gasteiger partial charge on any atom is 0.180 e. The van der Waals surface area contributed by atoms with E-state index in [2.05, 4.69) is 23.8 Å². The first kappa shape index (κ1) is 12.5. The maximum atomic E-state index is 5.68. The smallest absolute Gasteiger partial charge is 0.180 e. The molecule has 0 aliphatic rings. The molecule has 0 radical (unpaired) electrons. The van der Waals surface area contributed by atoms with Crippen molar-refractivity contribution in [3.05, 3.63) is 16.1 Å². The van der Waals surface area contributed by atoms with E-state index in [0.29, 0.717) is 11.0 Å². The monoisotopic (exact) mass is 267 g/mol. The molecule has 0 aliphatic heterocycles. The van der Waals surface area contributed by atoms with Gasteiger partial charge in [-0.1, -0.05) is 13.8 Å². The molecule has 2 heterocycles. The number of aryl methyl sites for hydroxylation is 1. The summed E-state index contributed by atoms with van der Waals surface area (Å²) in [4.78, 5) is 10.2. The van der Waals surface area contributed by atoms with Crippen molar-refractivity contribution >= 4 is 27.8 Å². The Morgan fingerprint density at radius 3 is 2.53 bits per heavy atom. The molecule has 0 atom stereocenters. The summed E-state index contributed by atoms with van der Waals surface area (Å²) in [6.07, 6.45) is 2.28. The van der Waals surface area contributed by atoms with Gasteiger partial charge in [-0.3, -0.25) is 0 Å². The Hall–Kier alpha value is -0.940. The van der Waals surface area contributed by atoms with E-state index in [1.807, 2.05) is 12.3 Å². The van der Waals surface area contributed by atoms with Gasteiger partial charge in [0.05, 0.1) is 21.3 Å². The molecule has 0 amide bonds. The van der Waals surface area contributed by atoms with Crippen LogP contribution in [0.4, 0.5) is 5.13 Å². The van der Waals surface area contributed by atoms with Crippen LogP contribution in [0.5, 0.6) is 0 Å². The molecule has 0 spiro atoms. The Morgan fingerprint density at radius 1 is 1.29 bits per heavy atom. The molecule has 0 saturated carbocycles. The highest BCUT2D eigenvalue weighted by atomic mass is 32.1. The minimum Gasteiger partial charge on any atom is -0.375 e. The van der Waals surface area contributed by atoms with E-state index in [9.17, 15) is 0 Å². The third-order valence-electron chi connectivity index (χ3n) is 2.90. The van der Waals surface area contributed by atoms with Crippen molar-refractivity contribution in [2.75, 3.05) is 5.73 Å². The van der Waals surface area contributed by atoms with Gasteiger partial charge in [0.2, 0.25) is 0 Å². The van der Waals surface area contributed by atoms with Gasteiger partial charge in [-0.25, -0.2) is 9.97 Å². The average molecular weight is 267 g/mol. The molecule has 2 aromatic rings. The van der Waals surface area contributed by atoms with Crippen LogP contribution in [0.1, 0.15) is 43.3 Å². The molecule has 0 aromatic carbocycles. The Kier molecular flexibility index (Phi) is 3.79. The Morgan fingerprint density at radius 2 is 2.00 bits per heavy atom. The number of aromatic nitrogens is 2. The van der Waals surface area contributed by atoms with Gasteiger partial charge in [-0.05, 0) is 19.8 Å². The lowest BCUT2D eigenvalue weighted by molar-refractivity contribution is 0.636. The average Bonchev–Trinajstić information content (AvgIpc) is 2.87. The fourth-order valence-corrected chi connectivity index (χ4v) is 3.78. The lowest BCUT2D eigenvalue weighted by atomic mass is 10.1. The van der Waals surface area contributed by atoms with E-state index >= 15 is 0 Å². The minimum absolute atomic E-state index is 0.573. The standard InChI is InChI=1S/C12H17N3S2/c1-4-8(5-2)11-14-7(3)10(17-11)9-6-16-12(13)15-9/h6,8H,4-5H2,1-3H3,(H2,13,15). The molecular formula is C12H17N3S2. The number of nitrogens with zero attached hydrogens (tertiary/aromatic N) is 2. The lowest BCUT2D eigenvalue weighted by Gasteiger charge is -2.06. The molecule has 0 saturated heterocycles. The molecule has 2 N–H and O–H groups in total. The molecule has 0 fully saturated rings. The summed E-state index contributed by atoms with van der Waals surface area (Å²) >= 11 is 3.24. The van der Waals surface area contributed by atoms with E-state index in [0.717, 1.165) is 24.2 Å². The van der Waals surface area contributed by atoms with E-state index in [4.69, 9.17) is 5.73 Å². The summed E-state index contributed by atoms with van der Waals surface area (Å²) in [6.45, 7) is 6.48. The van der Waals surface area contributed by atoms with Crippen LogP contribution in [0.3, 0.4) is 0 Å². The van der Waals surface area contributed by atoms with Crippen molar-refractivity contribution in [1.29, 1.82) is 0 Å². The molecule has 0 bridgehead atoms. The zero-order valence-electron chi connectivity index (χ0n) is 10.4. The van der Waals surface area contributed by atoms with E-state index < -0.39 is 0 Å². The van der Waals surface area contributed by atoms with Crippen molar-refractivity contribution in [1.82, 2.24) is 9.97 Å². The largest absolute Gasteiger partial charge is 0.375 e. The number of hydrogen-bond donors (Lipinski definition) is 1. The number of anilines is 1. The second-order valence-electron chi connectivity index (χ2n) is 4.05. The molecule has 0 aliphatic carbocycles. The van der Waals surface area contributed by atoms with E-state index in [1.54, 1.807) is 11.3 Å². The van der Waals surface area contributed by atoms with Gasteiger partial charge in [0.15, 0.2) is 5.13 Å². The topological polar surface area (TPSA) is 51.8 Å². The van der Waals surface area contributed by atoms with Crippen LogP contribution in [0.25, 0.3) is 10.6 Å². The second-order valence-corrected chi connectivity index (χ2v) is 5.97. The third kappa shape index (κ3) is 2.50. The highest BCUT2D eigenvalue weighted by Gasteiger charge is 2.17. The molecule has 2 aromatic heterocycles. The highest BCUT2D eigenvalue weighted by molar-refractivity contribution is 7.16. The molecule has 2 rings (SSSR count). The zero-order valence-corrected chi connectivity index (χ0v) is 12.0. The summed E-state index contributed by atoms with van der Waals surface area (Å²) in [7, 11) is 0. The fraction of sp³-hybridized carbons (Fsp3) is 0.500. The maximum absolute atomic E-state index is 5.68. The second kappa shape index (κ2) is 5.14. The van der Waals surface area contributed by atoms with Crippen molar-refractivity contribution < 1.29 is 0 Å². The number of hydrogen-bond acceptors (Lipinski definition) is 5. The molecule has 92 valence electrons. The van der Waals surface area contributed by atoms with E-state index in [-0.39, 0.29) is 0 Å². The van der Waals surface area contributed by atoms with Gasteiger partial charge in [0, 0.05) is 11.3 Å². The van der Waals surface area contributed by atoms with Gasteiger partial charge in [0.25, 0.3) is 0 Å². The van der Waals surface area contributed by atoms with Gasteiger partial charge >= 0.3 is 0 Å². The van der Waals surface area contributed by atoms with Crippen molar-refractivity contribution in [2.24, 2.45) is 0 Å². The van der Waals surface area contributed by atoms with Crippen molar-refractivity contribution in [3.63, 3.8) is 0 Å². The van der Waals surface area contributed by atoms with Crippen LogP contribution in [-0.4, -0.2) is 9.97 Å². The first-order chi connectivity index (χ1) is 8.15. The van der Waals surface area contributed by atoms with Crippen LogP contribution in [-0.2, 0) is 0 Å². The SMILES string of the molecule is CCC(CC)c1nc(C)c(-c2csc(N)n2)s1. The van der Waals surface area contributed by atoms with E-state index in [1.165, 1.54) is 21.2 Å². The minimum atomic E-state index is 0.573. The van der Waals surface area contributed by atoms with Crippen LogP contribution in [0, 0.1) is 6.92 Å².